The van der Waals surface area contributed by atoms with E-state index >= 15 is 0 Å². The van der Waals surface area contributed by atoms with Crippen LogP contribution in [0.5, 0.6) is 5.75 Å². The minimum Gasteiger partial charge on any atom is -0.872 e. The molecule has 102 valence electrons. The van der Waals surface area contributed by atoms with Gasteiger partial charge >= 0.3 is 103 Å². The summed E-state index contributed by atoms with van der Waals surface area (Å²) >= 11 is 0. The fourth-order valence-corrected chi connectivity index (χ4v) is 2.69. The third-order valence-electron chi connectivity index (χ3n) is 2.44. The standard InChI is InChI=1S/C10H8O7S2.2K/c11-9-4-6-1-2-8(18(12,13)14)3-7(6)5-10(9)19(15,16)17;;/h1-5,11H,(H,12,13,14)(H,15,16,17);;/q;2*+1/p-2. The van der Waals surface area contributed by atoms with Crippen LogP contribution in [0.1, 0.15) is 0 Å². The molecule has 0 radical (unpaired) electrons. The first kappa shape index (κ1) is 22.6. The molecule has 0 saturated heterocycles. The quantitative estimate of drug-likeness (QED) is 0.405. The molecule has 0 atom stereocenters. The van der Waals surface area contributed by atoms with E-state index in [0.717, 1.165) is 24.3 Å². The van der Waals surface area contributed by atoms with Gasteiger partial charge in [-0.25, -0.2) is 8.42 Å². The van der Waals surface area contributed by atoms with Crippen molar-refractivity contribution in [1.29, 1.82) is 0 Å². The van der Waals surface area contributed by atoms with Crippen LogP contribution in [-0.2, 0) is 20.2 Å². The van der Waals surface area contributed by atoms with E-state index in [2.05, 4.69) is 0 Å². The smallest absolute Gasteiger partial charge is 0.872 e. The molecule has 2 aromatic rings. The fraction of sp³-hybridized carbons (Fsp3) is 0. The Labute approximate surface area is 206 Å². The zero-order valence-electron chi connectivity index (χ0n) is 11.1. The van der Waals surface area contributed by atoms with Crippen LogP contribution in [0, 0.1) is 0 Å². The maximum absolute atomic E-state index is 11.4. The molecule has 2 aromatic carbocycles. The van der Waals surface area contributed by atoms with E-state index < -0.39 is 35.8 Å². The molecule has 0 aliphatic carbocycles. The normalized spacial score (nSPS) is 11.5. The Morgan fingerprint density at radius 1 is 0.905 bits per heavy atom. The van der Waals surface area contributed by atoms with Gasteiger partial charge in [-0.3, -0.25) is 4.55 Å². The van der Waals surface area contributed by atoms with Gasteiger partial charge in [0.25, 0.3) is 10.1 Å². The molecule has 0 bridgehead atoms. The molecule has 1 N–H and O–H groups in total. The molecule has 0 fully saturated rings. The number of fused-ring (bicyclic) bond motifs is 1. The van der Waals surface area contributed by atoms with Gasteiger partial charge in [-0.2, -0.15) is 8.42 Å². The fourth-order valence-electron chi connectivity index (χ4n) is 1.59. The van der Waals surface area contributed by atoms with E-state index in [-0.39, 0.29) is 114 Å². The zero-order chi connectivity index (χ0) is 14.4. The van der Waals surface area contributed by atoms with Crippen molar-refractivity contribution in [2.24, 2.45) is 0 Å². The molecule has 0 unspecified atom stereocenters. The third-order valence-corrected chi connectivity index (χ3v) is 4.15. The molecule has 0 heterocycles. The van der Waals surface area contributed by atoms with Gasteiger partial charge in [0.05, 0.1) is 9.79 Å². The molecular formula is C10H6K2O7S2. The SMILES string of the molecule is O=S(=O)([O-])c1ccc2cc([O-])c(S(=O)(=O)O)cc2c1.[K+].[K+]. The van der Waals surface area contributed by atoms with Gasteiger partial charge in [-0.05, 0) is 29.0 Å². The topological polar surface area (TPSA) is 135 Å². The number of hydrogen-bond acceptors (Lipinski definition) is 6. The Morgan fingerprint density at radius 2 is 1.48 bits per heavy atom. The molecule has 0 saturated carbocycles. The maximum Gasteiger partial charge on any atom is 1.00 e. The molecule has 0 aliphatic rings. The van der Waals surface area contributed by atoms with Crippen molar-refractivity contribution in [3.05, 3.63) is 30.3 Å². The third kappa shape index (κ3) is 5.57. The minimum absolute atomic E-state index is 0. The average Bonchev–Trinajstić information content (AvgIpc) is 2.24. The summed E-state index contributed by atoms with van der Waals surface area (Å²) < 4.78 is 63.3. The summed E-state index contributed by atoms with van der Waals surface area (Å²) in [5, 5.41) is 11.7. The second kappa shape index (κ2) is 8.11. The van der Waals surface area contributed by atoms with Crippen molar-refractivity contribution >= 4 is 31.0 Å². The van der Waals surface area contributed by atoms with E-state index in [0.29, 0.717) is 0 Å². The molecular weight excluding hydrogens is 374 g/mol. The van der Waals surface area contributed by atoms with Crippen LogP contribution in [-0.4, -0.2) is 25.9 Å². The Hall–Kier alpha value is 1.59. The van der Waals surface area contributed by atoms with Crippen molar-refractivity contribution in [3.8, 4) is 5.75 Å². The summed E-state index contributed by atoms with van der Waals surface area (Å²) in [4.78, 5) is -1.43. The summed E-state index contributed by atoms with van der Waals surface area (Å²) in [6.07, 6.45) is 0. The molecule has 7 nitrogen and oxygen atoms in total. The van der Waals surface area contributed by atoms with Gasteiger partial charge in [0.15, 0.2) is 0 Å². The predicted octanol–water partition coefficient (Wildman–Crippen LogP) is -5.93. The molecule has 21 heavy (non-hydrogen) atoms. The Morgan fingerprint density at radius 3 is 1.95 bits per heavy atom. The number of hydrogen-bond donors (Lipinski definition) is 1. The van der Waals surface area contributed by atoms with Crippen molar-refractivity contribution in [3.63, 3.8) is 0 Å². The van der Waals surface area contributed by atoms with E-state index in [1.807, 2.05) is 0 Å². The van der Waals surface area contributed by atoms with Crippen LogP contribution in [0.3, 0.4) is 0 Å². The van der Waals surface area contributed by atoms with Gasteiger partial charge in [0, 0.05) is 0 Å². The van der Waals surface area contributed by atoms with Crippen molar-refractivity contribution in [2.45, 2.75) is 9.79 Å². The number of benzene rings is 2. The van der Waals surface area contributed by atoms with Gasteiger partial charge in [0.2, 0.25) is 0 Å². The van der Waals surface area contributed by atoms with E-state index in [1.165, 1.54) is 6.07 Å². The molecule has 0 aliphatic heterocycles. The van der Waals surface area contributed by atoms with Crippen LogP contribution in [0.4, 0.5) is 0 Å². The van der Waals surface area contributed by atoms with Crippen LogP contribution >= 0.6 is 0 Å². The minimum atomic E-state index is -4.71. The summed E-state index contributed by atoms with van der Waals surface area (Å²) in [7, 11) is -9.41. The molecule has 0 amide bonds. The summed E-state index contributed by atoms with van der Waals surface area (Å²) in [5.41, 5.74) is 0. The summed E-state index contributed by atoms with van der Waals surface area (Å²) in [6, 6.07) is 4.90. The predicted molar refractivity (Wildman–Crippen MR) is 61.2 cm³/mol. The van der Waals surface area contributed by atoms with Crippen LogP contribution in [0.15, 0.2) is 40.1 Å². The first-order valence-electron chi connectivity index (χ1n) is 4.77. The van der Waals surface area contributed by atoms with Gasteiger partial charge < -0.3 is 9.66 Å². The molecule has 0 spiro atoms. The molecule has 0 aromatic heterocycles. The Kier molecular flexibility index (Phi) is 8.73. The second-order valence-electron chi connectivity index (χ2n) is 3.74. The van der Waals surface area contributed by atoms with Crippen LogP contribution in [0.2, 0.25) is 0 Å². The first-order valence-corrected chi connectivity index (χ1v) is 7.62. The van der Waals surface area contributed by atoms with E-state index in [4.69, 9.17) is 4.55 Å². The second-order valence-corrected chi connectivity index (χ2v) is 6.51. The van der Waals surface area contributed by atoms with Crippen molar-refractivity contribution < 1.29 is 134 Å². The zero-order valence-corrected chi connectivity index (χ0v) is 19.0. The maximum atomic E-state index is 11.4. The number of rotatable bonds is 2. The first-order chi connectivity index (χ1) is 8.59. The van der Waals surface area contributed by atoms with Crippen molar-refractivity contribution in [1.82, 2.24) is 0 Å². The summed E-state index contributed by atoms with van der Waals surface area (Å²) in [6.45, 7) is 0. The monoisotopic (exact) mass is 380 g/mol. The van der Waals surface area contributed by atoms with Gasteiger partial charge in [-0.1, -0.05) is 17.9 Å². The van der Waals surface area contributed by atoms with E-state index in [9.17, 15) is 26.5 Å². The average molecular weight is 380 g/mol. The van der Waals surface area contributed by atoms with E-state index in [1.54, 1.807) is 0 Å². The van der Waals surface area contributed by atoms with Gasteiger partial charge in [0.1, 0.15) is 10.1 Å². The van der Waals surface area contributed by atoms with Crippen LogP contribution in [0.25, 0.3) is 10.8 Å². The molecule has 2 rings (SSSR count). The van der Waals surface area contributed by atoms with Crippen molar-refractivity contribution in [2.75, 3.05) is 0 Å². The van der Waals surface area contributed by atoms with Gasteiger partial charge in [-0.15, -0.1) is 0 Å². The largest absolute Gasteiger partial charge is 1.00 e. The molecule has 11 heteroatoms. The Balaban J connectivity index is 0.00000200. The van der Waals surface area contributed by atoms with Crippen LogP contribution < -0.4 is 108 Å². The summed E-state index contributed by atoms with van der Waals surface area (Å²) in [5.74, 6) is -0.923. The Bertz CT molecular complexity index is 876.